The van der Waals surface area contributed by atoms with E-state index in [9.17, 15) is 4.79 Å². The molecule has 0 aliphatic heterocycles. The van der Waals surface area contributed by atoms with E-state index in [0.717, 1.165) is 33.8 Å². The van der Waals surface area contributed by atoms with Gasteiger partial charge in [0.25, 0.3) is 0 Å². The number of ether oxygens (including phenoxy) is 1. The summed E-state index contributed by atoms with van der Waals surface area (Å²) in [6.07, 6.45) is 2.50. The molecule has 3 aromatic rings. The Labute approximate surface area is 116 Å². The first kappa shape index (κ1) is 12.7. The normalized spacial score (nSPS) is 11.1. The second kappa shape index (κ2) is 4.96. The van der Waals surface area contributed by atoms with Gasteiger partial charge < -0.3 is 9.72 Å². The van der Waals surface area contributed by atoms with Gasteiger partial charge in [-0.05, 0) is 25.0 Å². The van der Waals surface area contributed by atoms with E-state index in [2.05, 4.69) is 9.97 Å². The molecule has 0 radical (unpaired) electrons. The molecule has 2 aromatic heterocycles. The van der Waals surface area contributed by atoms with Crippen LogP contribution in [0.25, 0.3) is 21.8 Å². The second-order valence-electron chi connectivity index (χ2n) is 4.83. The summed E-state index contributed by atoms with van der Waals surface area (Å²) in [4.78, 5) is 19.6. The molecule has 0 amide bonds. The predicted octanol–water partition coefficient (Wildman–Crippen LogP) is 3.59. The molecule has 0 unspecified atom stereocenters. The number of nitrogens with zero attached hydrogens (tertiary/aromatic N) is 1. The largest absolute Gasteiger partial charge is 0.461 e. The fourth-order valence-electron chi connectivity index (χ4n) is 2.48. The maximum absolute atomic E-state index is 12.0. The Bertz CT molecular complexity index is 790. The van der Waals surface area contributed by atoms with Crippen molar-refractivity contribution in [3.63, 3.8) is 0 Å². The van der Waals surface area contributed by atoms with E-state index in [1.54, 1.807) is 6.20 Å². The van der Waals surface area contributed by atoms with Gasteiger partial charge in [-0.3, -0.25) is 0 Å². The lowest BCUT2D eigenvalue weighted by atomic mass is 10.1. The zero-order chi connectivity index (χ0) is 14.1. The Morgan fingerprint density at radius 3 is 2.90 bits per heavy atom. The molecule has 0 fully saturated rings. The molecule has 0 aliphatic carbocycles. The fraction of sp³-hybridized carbons (Fsp3) is 0.250. The molecule has 0 atom stereocenters. The van der Waals surface area contributed by atoms with E-state index in [1.807, 2.05) is 38.1 Å². The molecular weight excluding hydrogens is 252 g/mol. The zero-order valence-corrected chi connectivity index (χ0v) is 11.6. The van der Waals surface area contributed by atoms with Gasteiger partial charge in [0.05, 0.1) is 18.3 Å². The first-order chi connectivity index (χ1) is 9.72. The highest BCUT2D eigenvalue weighted by Crippen LogP contribution is 2.28. The number of fused-ring (bicyclic) bond motifs is 3. The number of rotatable bonds is 3. The Morgan fingerprint density at radius 2 is 2.10 bits per heavy atom. The standard InChI is InChI=1S/C16H16N2O2/c1-3-8-20-16(19)15-10(2)14-11-6-4-5-7-12(11)18-13(14)9-17-15/h4-7,9,18H,3,8H2,1-2H3. The highest BCUT2D eigenvalue weighted by Gasteiger charge is 2.17. The van der Waals surface area contributed by atoms with Gasteiger partial charge in [0.2, 0.25) is 0 Å². The fourth-order valence-corrected chi connectivity index (χ4v) is 2.48. The minimum atomic E-state index is -0.350. The molecule has 20 heavy (non-hydrogen) atoms. The molecule has 0 bridgehead atoms. The van der Waals surface area contributed by atoms with Crippen LogP contribution in [0.5, 0.6) is 0 Å². The molecule has 1 aromatic carbocycles. The van der Waals surface area contributed by atoms with Crippen LogP contribution in [0.1, 0.15) is 29.4 Å². The van der Waals surface area contributed by atoms with Crippen LogP contribution in [-0.4, -0.2) is 22.5 Å². The summed E-state index contributed by atoms with van der Waals surface area (Å²) in [5.74, 6) is -0.350. The van der Waals surface area contributed by atoms with Crippen molar-refractivity contribution in [1.29, 1.82) is 0 Å². The number of H-pyrrole nitrogens is 1. The number of aromatic nitrogens is 2. The highest BCUT2D eigenvalue weighted by atomic mass is 16.5. The van der Waals surface area contributed by atoms with Crippen LogP contribution in [0.3, 0.4) is 0 Å². The van der Waals surface area contributed by atoms with Crippen molar-refractivity contribution < 1.29 is 9.53 Å². The van der Waals surface area contributed by atoms with Crippen molar-refractivity contribution in [2.75, 3.05) is 6.61 Å². The number of hydrogen-bond acceptors (Lipinski definition) is 3. The molecular formula is C16H16N2O2. The van der Waals surface area contributed by atoms with Gasteiger partial charge in [0.1, 0.15) is 0 Å². The summed E-state index contributed by atoms with van der Waals surface area (Å²) < 4.78 is 5.18. The maximum Gasteiger partial charge on any atom is 0.357 e. The van der Waals surface area contributed by atoms with Crippen LogP contribution in [0.2, 0.25) is 0 Å². The third kappa shape index (κ3) is 1.93. The monoisotopic (exact) mass is 268 g/mol. The molecule has 4 nitrogen and oxygen atoms in total. The molecule has 102 valence electrons. The summed E-state index contributed by atoms with van der Waals surface area (Å²) in [5.41, 5.74) is 3.25. The van der Waals surface area contributed by atoms with E-state index in [1.165, 1.54) is 0 Å². The number of aromatic amines is 1. The van der Waals surface area contributed by atoms with Crippen LogP contribution in [0.4, 0.5) is 0 Å². The average Bonchev–Trinajstić information content (AvgIpc) is 2.84. The van der Waals surface area contributed by atoms with Crippen molar-refractivity contribution in [3.05, 3.63) is 41.7 Å². The van der Waals surface area contributed by atoms with E-state index in [4.69, 9.17) is 4.74 Å². The van der Waals surface area contributed by atoms with Crippen LogP contribution in [-0.2, 0) is 4.74 Å². The Kier molecular flexibility index (Phi) is 3.14. The van der Waals surface area contributed by atoms with Crippen molar-refractivity contribution in [3.8, 4) is 0 Å². The number of carbonyl (C=O) groups excluding carboxylic acids is 1. The number of para-hydroxylation sites is 1. The van der Waals surface area contributed by atoms with Crippen LogP contribution in [0.15, 0.2) is 30.5 Å². The summed E-state index contributed by atoms with van der Waals surface area (Å²) in [5, 5.41) is 2.14. The summed E-state index contributed by atoms with van der Waals surface area (Å²) >= 11 is 0. The molecule has 0 spiro atoms. The summed E-state index contributed by atoms with van der Waals surface area (Å²) in [6.45, 7) is 4.31. The van der Waals surface area contributed by atoms with Crippen molar-refractivity contribution in [1.82, 2.24) is 9.97 Å². The minimum Gasteiger partial charge on any atom is -0.461 e. The van der Waals surface area contributed by atoms with Gasteiger partial charge in [0.15, 0.2) is 5.69 Å². The first-order valence-electron chi connectivity index (χ1n) is 6.75. The van der Waals surface area contributed by atoms with Gasteiger partial charge >= 0.3 is 5.97 Å². The van der Waals surface area contributed by atoms with Gasteiger partial charge in [-0.1, -0.05) is 25.1 Å². The van der Waals surface area contributed by atoms with Gasteiger partial charge in [-0.15, -0.1) is 0 Å². The SMILES string of the molecule is CCCOC(=O)c1ncc2[nH]c3ccccc3c2c1C. The molecule has 1 N–H and O–H groups in total. The number of pyridine rings is 1. The lowest BCUT2D eigenvalue weighted by molar-refractivity contribution is 0.0497. The van der Waals surface area contributed by atoms with Crippen LogP contribution in [0, 0.1) is 6.92 Å². The molecule has 0 saturated carbocycles. The Morgan fingerprint density at radius 1 is 1.30 bits per heavy atom. The molecule has 4 heteroatoms. The molecule has 0 aliphatic rings. The topological polar surface area (TPSA) is 55.0 Å². The van der Waals surface area contributed by atoms with Gasteiger partial charge in [-0.25, -0.2) is 9.78 Å². The van der Waals surface area contributed by atoms with E-state index < -0.39 is 0 Å². The van der Waals surface area contributed by atoms with Crippen molar-refractivity contribution in [2.24, 2.45) is 0 Å². The van der Waals surface area contributed by atoms with Crippen molar-refractivity contribution >= 4 is 27.8 Å². The molecule has 2 heterocycles. The maximum atomic E-state index is 12.0. The molecule has 3 rings (SSSR count). The lowest BCUT2D eigenvalue weighted by Crippen LogP contribution is -2.10. The van der Waals surface area contributed by atoms with E-state index >= 15 is 0 Å². The van der Waals surface area contributed by atoms with Gasteiger partial charge in [0, 0.05) is 16.3 Å². The van der Waals surface area contributed by atoms with E-state index in [0.29, 0.717) is 12.3 Å². The number of hydrogen-bond donors (Lipinski definition) is 1. The Balaban J connectivity index is 2.19. The quantitative estimate of drug-likeness (QED) is 0.738. The number of aryl methyl sites for hydroxylation is 1. The van der Waals surface area contributed by atoms with Gasteiger partial charge in [-0.2, -0.15) is 0 Å². The first-order valence-corrected chi connectivity index (χ1v) is 6.75. The zero-order valence-electron chi connectivity index (χ0n) is 11.6. The highest BCUT2D eigenvalue weighted by molar-refractivity contribution is 6.10. The third-order valence-corrected chi connectivity index (χ3v) is 3.42. The predicted molar refractivity (Wildman–Crippen MR) is 78.9 cm³/mol. The molecule has 0 saturated heterocycles. The second-order valence-corrected chi connectivity index (χ2v) is 4.83. The number of esters is 1. The summed E-state index contributed by atoms with van der Waals surface area (Å²) in [7, 11) is 0. The van der Waals surface area contributed by atoms with Crippen LogP contribution < -0.4 is 0 Å². The third-order valence-electron chi connectivity index (χ3n) is 3.42. The summed E-state index contributed by atoms with van der Waals surface area (Å²) in [6, 6.07) is 8.04. The van der Waals surface area contributed by atoms with Crippen LogP contribution >= 0.6 is 0 Å². The van der Waals surface area contributed by atoms with Crippen molar-refractivity contribution in [2.45, 2.75) is 20.3 Å². The smallest absolute Gasteiger partial charge is 0.357 e. The average molecular weight is 268 g/mol. The number of benzene rings is 1. The number of carbonyl (C=O) groups is 1. The van der Waals surface area contributed by atoms with E-state index in [-0.39, 0.29) is 5.97 Å². The Hall–Kier alpha value is -2.36. The number of nitrogens with one attached hydrogen (secondary N) is 1. The minimum absolute atomic E-state index is 0.350. The lowest BCUT2D eigenvalue weighted by Gasteiger charge is -2.06.